The van der Waals surface area contributed by atoms with Crippen molar-refractivity contribution in [2.24, 2.45) is 5.41 Å². The van der Waals surface area contributed by atoms with Crippen molar-refractivity contribution < 1.29 is 19.4 Å². The standard InChI is InChI=1S/C15H19NO4/c1-3-20-12-6-4-5-11(9-12)10(2)16-13(17)15(7-8-15)14(18)19/h4-6,9-10H,3,7-8H2,1-2H3,(H,16,17)(H,18,19). The largest absolute Gasteiger partial charge is 0.494 e. The van der Waals surface area contributed by atoms with E-state index in [-0.39, 0.29) is 6.04 Å². The highest BCUT2D eigenvalue weighted by molar-refractivity contribution is 6.04. The van der Waals surface area contributed by atoms with E-state index in [9.17, 15) is 9.59 Å². The van der Waals surface area contributed by atoms with E-state index < -0.39 is 17.3 Å². The molecule has 1 aliphatic carbocycles. The van der Waals surface area contributed by atoms with E-state index in [1.54, 1.807) is 0 Å². The summed E-state index contributed by atoms with van der Waals surface area (Å²) < 4.78 is 5.41. The third-order valence-corrected chi connectivity index (χ3v) is 3.61. The maximum absolute atomic E-state index is 12.0. The zero-order valence-corrected chi connectivity index (χ0v) is 11.7. The molecule has 2 N–H and O–H groups in total. The van der Waals surface area contributed by atoms with Gasteiger partial charge < -0.3 is 15.2 Å². The van der Waals surface area contributed by atoms with Crippen molar-refractivity contribution in [2.75, 3.05) is 6.61 Å². The Bertz CT molecular complexity index is 522. The number of nitrogens with one attached hydrogen (secondary N) is 1. The van der Waals surface area contributed by atoms with Crippen LogP contribution in [0.25, 0.3) is 0 Å². The molecule has 1 aromatic carbocycles. The van der Waals surface area contributed by atoms with Crippen LogP contribution in [0.2, 0.25) is 0 Å². The number of carbonyl (C=O) groups excluding carboxylic acids is 1. The molecule has 0 radical (unpaired) electrons. The number of aliphatic carboxylic acids is 1. The molecule has 20 heavy (non-hydrogen) atoms. The number of hydrogen-bond acceptors (Lipinski definition) is 3. The van der Waals surface area contributed by atoms with Gasteiger partial charge in [0.25, 0.3) is 0 Å². The van der Waals surface area contributed by atoms with Crippen LogP contribution in [0.1, 0.15) is 38.3 Å². The Morgan fingerprint density at radius 3 is 2.70 bits per heavy atom. The molecule has 0 aromatic heterocycles. The minimum Gasteiger partial charge on any atom is -0.494 e. The highest BCUT2D eigenvalue weighted by atomic mass is 16.5. The van der Waals surface area contributed by atoms with Gasteiger partial charge in [-0.1, -0.05) is 12.1 Å². The molecule has 1 fully saturated rings. The minimum atomic E-state index is -1.20. The van der Waals surface area contributed by atoms with Crippen LogP contribution in [-0.2, 0) is 9.59 Å². The van der Waals surface area contributed by atoms with Crippen molar-refractivity contribution in [3.05, 3.63) is 29.8 Å². The molecule has 1 amide bonds. The van der Waals surface area contributed by atoms with Crippen LogP contribution in [0.3, 0.4) is 0 Å². The predicted octanol–water partition coefficient (Wildman–Crippen LogP) is 2.13. The van der Waals surface area contributed by atoms with Crippen LogP contribution in [0.5, 0.6) is 5.75 Å². The average molecular weight is 277 g/mol. The zero-order chi connectivity index (χ0) is 14.8. The third-order valence-electron chi connectivity index (χ3n) is 3.61. The molecule has 1 aromatic rings. The number of carboxylic acid groups (broad SMARTS) is 1. The smallest absolute Gasteiger partial charge is 0.319 e. The van der Waals surface area contributed by atoms with Crippen molar-refractivity contribution in [3.63, 3.8) is 0 Å². The number of carboxylic acids is 1. The molecule has 1 atom stereocenters. The summed E-state index contributed by atoms with van der Waals surface area (Å²) >= 11 is 0. The molecule has 1 aliphatic rings. The fraction of sp³-hybridized carbons (Fsp3) is 0.467. The fourth-order valence-corrected chi connectivity index (χ4v) is 2.12. The van der Waals surface area contributed by atoms with Crippen LogP contribution in [0.15, 0.2) is 24.3 Å². The first kappa shape index (κ1) is 14.4. The maximum Gasteiger partial charge on any atom is 0.319 e. The quantitative estimate of drug-likeness (QED) is 0.781. The first-order chi connectivity index (χ1) is 9.49. The molecule has 1 unspecified atom stereocenters. The summed E-state index contributed by atoms with van der Waals surface area (Å²) in [4.78, 5) is 23.1. The SMILES string of the molecule is CCOc1cccc(C(C)NC(=O)C2(C(=O)O)CC2)c1. The predicted molar refractivity (Wildman–Crippen MR) is 73.5 cm³/mol. The van der Waals surface area contributed by atoms with Gasteiger partial charge in [-0.25, -0.2) is 0 Å². The van der Waals surface area contributed by atoms with Gasteiger partial charge in [-0.3, -0.25) is 9.59 Å². The topological polar surface area (TPSA) is 75.6 Å². The van der Waals surface area contributed by atoms with Crippen molar-refractivity contribution in [1.29, 1.82) is 0 Å². The number of ether oxygens (including phenoxy) is 1. The van der Waals surface area contributed by atoms with E-state index >= 15 is 0 Å². The van der Waals surface area contributed by atoms with Crippen LogP contribution >= 0.6 is 0 Å². The van der Waals surface area contributed by atoms with Gasteiger partial charge >= 0.3 is 5.97 Å². The Labute approximate surface area is 117 Å². The number of rotatable bonds is 6. The highest BCUT2D eigenvalue weighted by Crippen LogP contribution is 2.46. The van der Waals surface area contributed by atoms with Crippen LogP contribution < -0.4 is 10.1 Å². The summed E-state index contributed by atoms with van der Waals surface area (Å²) in [7, 11) is 0. The monoisotopic (exact) mass is 277 g/mol. The molecular weight excluding hydrogens is 258 g/mol. The van der Waals surface area contributed by atoms with Crippen LogP contribution in [0, 0.1) is 5.41 Å². The summed E-state index contributed by atoms with van der Waals surface area (Å²) in [5.41, 5.74) is -0.309. The summed E-state index contributed by atoms with van der Waals surface area (Å²) in [5, 5.41) is 11.9. The molecule has 0 spiro atoms. The molecule has 2 rings (SSSR count). The van der Waals surface area contributed by atoms with E-state index in [4.69, 9.17) is 9.84 Å². The number of hydrogen-bond donors (Lipinski definition) is 2. The molecular formula is C15H19NO4. The van der Waals surface area contributed by atoms with Gasteiger partial charge in [0.15, 0.2) is 0 Å². The zero-order valence-electron chi connectivity index (χ0n) is 11.7. The van der Waals surface area contributed by atoms with Gasteiger partial charge in [0.05, 0.1) is 12.6 Å². The molecule has 0 saturated heterocycles. The summed E-state index contributed by atoms with van der Waals surface area (Å²) in [6.45, 7) is 4.31. The lowest BCUT2D eigenvalue weighted by Gasteiger charge is -2.18. The lowest BCUT2D eigenvalue weighted by molar-refractivity contribution is -0.149. The van der Waals surface area contributed by atoms with Gasteiger partial charge in [-0.15, -0.1) is 0 Å². The van der Waals surface area contributed by atoms with Crippen LogP contribution in [-0.4, -0.2) is 23.6 Å². The summed E-state index contributed by atoms with van der Waals surface area (Å²) in [5.74, 6) is -0.699. The summed E-state index contributed by atoms with van der Waals surface area (Å²) in [6.07, 6.45) is 0.833. The molecule has 108 valence electrons. The number of carbonyl (C=O) groups is 2. The Kier molecular flexibility index (Phi) is 3.97. The first-order valence-corrected chi connectivity index (χ1v) is 6.76. The molecule has 0 heterocycles. The van der Waals surface area contributed by atoms with Crippen molar-refractivity contribution in [2.45, 2.75) is 32.7 Å². The molecule has 0 aliphatic heterocycles. The Balaban J connectivity index is 2.05. The van der Waals surface area contributed by atoms with Crippen molar-refractivity contribution >= 4 is 11.9 Å². The van der Waals surface area contributed by atoms with Gasteiger partial charge in [-0.05, 0) is 44.4 Å². The van der Waals surface area contributed by atoms with Crippen molar-refractivity contribution in [3.8, 4) is 5.75 Å². The second-order valence-electron chi connectivity index (χ2n) is 5.09. The van der Waals surface area contributed by atoms with E-state index in [1.165, 1.54) is 0 Å². The first-order valence-electron chi connectivity index (χ1n) is 6.76. The normalized spacial score (nSPS) is 17.1. The minimum absolute atomic E-state index is 0.250. The molecule has 1 saturated carbocycles. The lowest BCUT2D eigenvalue weighted by Crippen LogP contribution is -2.38. The lowest BCUT2D eigenvalue weighted by atomic mass is 10.0. The fourth-order valence-electron chi connectivity index (χ4n) is 2.12. The van der Waals surface area contributed by atoms with E-state index in [0.29, 0.717) is 19.4 Å². The van der Waals surface area contributed by atoms with Gasteiger partial charge in [0, 0.05) is 0 Å². The highest BCUT2D eigenvalue weighted by Gasteiger charge is 2.57. The van der Waals surface area contributed by atoms with E-state index in [1.807, 2.05) is 38.1 Å². The average Bonchev–Trinajstić information content (AvgIpc) is 3.20. The third kappa shape index (κ3) is 2.76. The molecule has 5 heteroatoms. The Morgan fingerprint density at radius 2 is 2.15 bits per heavy atom. The Hall–Kier alpha value is -2.04. The van der Waals surface area contributed by atoms with E-state index in [0.717, 1.165) is 11.3 Å². The molecule has 0 bridgehead atoms. The number of amides is 1. The van der Waals surface area contributed by atoms with Gasteiger partial charge in [0.2, 0.25) is 5.91 Å². The van der Waals surface area contributed by atoms with E-state index in [2.05, 4.69) is 5.32 Å². The maximum atomic E-state index is 12.0. The van der Waals surface area contributed by atoms with Gasteiger partial charge in [0.1, 0.15) is 11.2 Å². The second-order valence-corrected chi connectivity index (χ2v) is 5.09. The van der Waals surface area contributed by atoms with Crippen molar-refractivity contribution in [1.82, 2.24) is 5.32 Å². The van der Waals surface area contributed by atoms with Crippen LogP contribution in [0.4, 0.5) is 0 Å². The van der Waals surface area contributed by atoms with Gasteiger partial charge in [-0.2, -0.15) is 0 Å². The Morgan fingerprint density at radius 1 is 1.45 bits per heavy atom. The summed E-state index contributed by atoms with van der Waals surface area (Å²) in [6, 6.07) is 7.19. The molecule has 5 nitrogen and oxygen atoms in total. The second kappa shape index (κ2) is 5.53. The number of benzene rings is 1.